The first-order valence-corrected chi connectivity index (χ1v) is 16.8. The van der Waals surface area contributed by atoms with E-state index in [-0.39, 0.29) is 0 Å². The van der Waals surface area contributed by atoms with Crippen LogP contribution in [0.15, 0.2) is 133 Å². The van der Waals surface area contributed by atoms with Crippen molar-refractivity contribution in [2.45, 2.75) is 38.0 Å². The van der Waals surface area contributed by atoms with Crippen LogP contribution in [0.25, 0.3) is 69.9 Å². The van der Waals surface area contributed by atoms with Gasteiger partial charge in [0.15, 0.2) is 0 Å². The highest BCUT2D eigenvalue weighted by Gasteiger charge is 2.19. The topological polar surface area (TPSA) is 4.93 Å². The van der Waals surface area contributed by atoms with Gasteiger partial charge in [-0.15, -0.1) is 11.3 Å². The summed E-state index contributed by atoms with van der Waals surface area (Å²) < 4.78 is 5.15. The molecule has 2 aromatic heterocycles. The number of hydrogen-bond acceptors (Lipinski definition) is 1. The van der Waals surface area contributed by atoms with Gasteiger partial charge < -0.3 is 4.57 Å². The Morgan fingerprint density at radius 1 is 0.500 bits per heavy atom. The van der Waals surface area contributed by atoms with Crippen molar-refractivity contribution >= 4 is 53.3 Å². The lowest BCUT2D eigenvalue weighted by Crippen LogP contribution is -2.04. The van der Waals surface area contributed by atoms with Crippen molar-refractivity contribution in [3.63, 3.8) is 0 Å². The molecule has 0 N–H and O–H groups in total. The Hall–Kier alpha value is -4.66. The largest absolute Gasteiger partial charge is 0.309 e. The predicted octanol–water partition coefficient (Wildman–Crippen LogP) is 12.5. The van der Waals surface area contributed by atoms with Crippen LogP contribution in [0.4, 0.5) is 0 Å². The molecular formula is C42H33NS. The summed E-state index contributed by atoms with van der Waals surface area (Å²) in [7, 11) is 0. The molecule has 0 aliphatic heterocycles. The van der Waals surface area contributed by atoms with Crippen LogP contribution in [0, 0.1) is 0 Å². The molecule has 1 aliphatic carbocycles. The van der Waals surface area contributed by atoms with Crippen LogP contribution in [-0.4, -0.2) is 4.57 Å². The Labute approximate surface area is 262 Å². The van der Waals surface area contributed by atoms with Crippen molar-refractivity contribution in [2.24, 2.45) is 0 Å². The Kier molecular flexibility index (Phi) is 6.16. The second-order valence-corrected chi connectivity index (χ2v) is 13.4. The molecule has 0 spiro atoms. The van der Waals surface area contributed by atoms with Gasteiger partial charge in [-0.3, -0.25) is 0 Å². The van der Waals surface area contributed by atoms with Gasteiger partial charge in [0.05, 0.1) is 11.0 Å². The summed E-state index contributed by atoms with van der Waals surface area (Å²) in [6.45, 7) is 0. The lowest BCUT2D eigenvalue weighted by Gasteiger charge is -2.22. The molecule has 9 rings (SSSR count). The van der Waals surface area contributed by atoms with E-state index in [2.05, 4.69) is 138 Å². The van der Waals surface area contributed by atoms with E-state index in [0.717, 1.165) is 0 Å². The number of aromatic nitrogens is 1. The van der Waals surface area contributed by atoms with Gasteiger partial charge in [-0.1, -0.05) is 110 Å². The minimum absolute atomic E-state index is 0.685. The SMILES string of the molecule is c1ccc(-n2c3ccc(-c4ccc(-c5cccc6c5sc5ccccc56)cc4)cc3c3cc(C4CCCCC4)ccc32)cc1. The lowest BCUT2D eigenvalue weighted by molar-refractivity contribution is 0.444. The molecule has 6 aromatic carbocycles. The minimum atomic E-state index is 0.685. The minimum Gasteiger partial charge on any atom is -0.309 e. The average Bonchev–Trinajstić information content (AvgIpc) is 3.64. The van der Waals surface area contributed by atoms with Crippen LogP contribution in [-0.2, 0) is 0 Å². The first kappa shape index (κ1) is 25.8. The van der Waals surface area contributed by atoms with E-state index in [4.69, 9.17) is 0 Å². The van der Waals surface area contributed by atoms with Gasteiger partial charge in [-0.05, 0) is 89.0 Å². The quantitative estimate of drug-likeness (QED) is 0.194. The highest BCUT2D eigenvalue weighted by molar-refractivity contribution is 7.26. The first-order chi connectivity index (χ1) is 21.8. The highest BCUT2D eigenvalue weighted by Crippen LogP contribution is 2.42. The molecule has 0 bridgehead atoms. The van der Waals surface area contributed by atoms with Crippen LogP contribution in [0.2, 0.25) is 0 Å². The molecule has 1 fully saturated rings. The molecule has 0 amide bonds. The van der Waals surface area contributed by atoms with Gasteiger partial charge in [-0.25, -0.2) is 0 Å². The van der Waals surface area contributed by atoms with Crippen LogP contribution < -0.4 is 0 Å². The maximum absolute atomic E-state index is 2.51. The lowest BCUT2D eigenvalue weighted by atomic mass is 9.83. The van der Waals surface area contributed by atoms with Crippen LogP contribution in [0.3, 0.4) is 0 Å². The van der Waals surface area contributed by atoms with Crippen molar-refractivity contribution in [3.05, 3.63) is 139 Å². The van der Waals surface area contributed by atoms with Crippen LogP contribution >= 0.6 is 11.3 Å². The molecule has 1 aliphatic rings. The second kappa shape index (κ2) is 10.5. The van der Waals surface area contributed by atoms with Crippen LogP contribution in [0.1, 0.15) is 43.6 Å². The molecule has 0 saturated heterocycles. The second-order valence-electron chi connectivity index (χ2n) is 12.4. The van der Waals surface area contributed by atoms with Crippen molar-refractivity contribution < 1.29 is 0 Å². The molecule has 2 heteroatoms. The summed E-state index contributed by atoms with van der Waals surface area (Å²) in [4.78, 5) is 0. The van der Waals surface area contributed by atoms with E-state index in [1.54, 1.807) is 0 Å². The molecule has 1 nitrogen and oxygen atoms in total. The first-order valence-electron chi connectivity index (χ1n) is 16.0. The summed E-state index contributed by atoms with van der Waals surface area (Å²) >= 11 is 1.90. The van der Waals surface area contributed by atoms with E-state index >= 15 is 0 Å². The number of para-hydroxylation sites is 1. The molecule has 44 heavy (non-hydrogen) atoms. The average molecular weight is 584 g/mol. The standard InChI is InChI=1S/C42H33NS/c1-3-10-28(11-4-1)31-22-24-39-37(26-31)38-27-32(23-25-40(38)43(39)33-12-5-2-6-13-33)29-18-20-30(21-19-29)34-15-9-16-36-35-14-7-8-17-41(35)44-42(34)36/h2,5-9,12-28H,1,3-4,10-11H2. The third kappa shape index (κ3) is 4.20. The number of nitrogens with zero attached hydrogens (tertiary/aromatic N) is 1. The molecular weight excluding hydrogens is 551 g/mol. The maximum atomic E-state index is 2.51. The Morgan fingerprint density at radius 2 is 1.18 bits per heavy atom. The van der Waals surface area contributed by atoms with Gasteiger partial charge in [0, 0.05) is 36.6 Å². The van der Waals surface area contributed by atoms with Gasteiger partial charge in [0.1, 0.15) is 0 Å². The molecule has 1 saturated carbocycles. The van der Waals surface area contributed by atoms with Gasteiger partial charge >= 0.3 is 0 Å². The monoisotopic (exact) mass is 583 g/mol. The van der Waals surface area contributed by atoms with E-state index in [9.17, 15) is 0 Å². The zero-order chi connectivity index (χ0) is 29.0. The van der Waals surface area contributed by atoms with E-state index in [1.807, 2.05) is 11.3 Å². The van der Waals surface area contributed by atoms with Crippen molar-refractivity contribution in [3.8, 4) is 27.9 Å². The smallest absolute Gasteiger partial charge is 0.0541 e. The van der Waals surface area contributed by atoms with Crippen molar-refractivity contribution in [1.29, 1.82) is 0 Å². The van der Waals surface area contributed by atoms with Gasteiger partial charge in [0.25, 0.3) is 0 Å². The maximum Gasteiger partial charge on any atom is 0.0541 e. The fourth-order valence-electron chi connectivity index (χ4n) is 7.58. The summed E-state index contributed by atoms with van der Waals surface area (Å²) in [5.74, 6) is 0.685. The van der Waals surface area contributed by atoms with Gasteiger partial charge in [-0.2, -0.15) is 0 Å². The summed E-state index contributed by atoms with van der Waals surface area (Å²) in [5, 5.41) is 5.39. The summed E-state index contributed by atoms with van der Waals surface area (Å²) in [5.41, 5.74) is 10.4. The Morgan fingerprint density at radius 3 is 2.02 bits per heavy atom. The molecule has 8 aromatic rings. The summed E-state index contributed by atoms with van der Waals surface area (Å²) in [6.07, 6.45) is 6.72. The predicted molar refractivity (Wildman–Crippen MR) is 190 cm³/mol. The third-order valence-corrected chi connectivity index (χ3v) is 11.0. The number of hydrogen-bond donors (Lipinski definition) is 0. The molecule has 212 valence electrons. The van der Waals surface area contributed by atoms with Gasteiger partial charge in [0.2, 0.25) is 0 Å². The Balaban J connectivity index is 1.16. The van der Waals surface area contributed by atoms with Crippen LogP contribution in [0.5, 0.6) is 0 Å². The zero-order valence-corrected chi connectivity index (χ0v) is 25.5. The van der Waals surface area contributed by atoms with Crippen molar-refractivity contribution in [2.75, 3.05) is 0 Å². The van der Waals surface area contributed by atoms with E-state index in [1.165, 1.54) is 108 Å². The molecule has 2 heterocycles. The highest BCUT2D eigenvalue weighted by atomic mass is 32.1. The fraction of sp³-hybridized carbons (Fsp3) is 0.143. The third-order valence-electron chi connectivity index (χ3n) is 9.81. The summed E-state index contributed by atoms with van der Waals surface area (Å²) in [6, 6.07) is 49.8. The molecule has 0 unspecified atom stereocenters. The fourth-order valence-corrected chi connectivity index (χ4v) is 8.82. The number of benzene rings is 6. The van der Waals surface area contributed by atoms with E-state index in [0.29, 0.717) is 5.92 Å². The Bertz CT molecular complexity index is 2300. The number of fused-ring (bicyclic) bond motifs is 6. The van der Waals surface area contributed by atoms with E-state index < -0.39 is 0 Å². The number of thiophene rings is 1. The normalized spacial score (nSPS) is 14.3. The van der Waals surface area contributed by atoms with Crippen molar-refractivity contribution in [1.82, 2.24) is 4.57 Å². The molecule has 0 radical (unpaired) electrons. The number of rotatable bonds is 4. The zero-order valence-electron chi connectivity index (χ0n) is 24.7. The molecule has 0 atom stereocenters.